The summed E-state index contributed by atoms with van der Waals surface area (Å²) in [5.41, 5.74) is 1.23. The summed E-state index contributed by atoms with van der Waals surface area (Å²) in [6.45, 7) is -0.484. The van der Waals surface area contributed by atoms with E-state index in [1.807, 2.05) is 0 Å². The van der Waals surface area contributed by atoms with Crippen molar-refractivity contribution in [1.82, 2.24) is 15.0 Å². The Morgan fingerprint density at radius 2 is 1.60 bits per heavy atom. The first-order valence-electron chi connectivity index (χ1n) is 6.24. The van der Waals surface area contributed by atoms with E-state index in [0.29, 0.717) is 11.0 Å². The third kappa shape index (κ3) is 2.07. The van der Waals surface area contributed by atoms with Crippen LogP contribution in [0.2, 0.25) is 0 Å². The van der Waals surface area contributed by atoms with Gasteiger partial charge in [-0.05, 0) is 12.1 Å². The topological polar surface area (TPSA) is 121 Å². The summed E-state index contributed by atoms with van der Waals surface area (Å²) < 4.78 is 5.37. The minimum absolute atomic E-state index is 0.484. The van der Waals surface area contributed by atoms with E-state index in [9.17, 15) is 15.3 Å². The van der Waals surface area contributed by atoms with Crippen LogP contribution in [0, 0.1) is 0 Å². The van der Waals surface area contributed by atoms with Gasteiger partial charge in [0.25, 0.3) is 0 Å². The number of aromatic nitrogens is 3. The zero-order chi connectivity index (χ0) is 14.3. The normalized spacial score (nSPS) is 34.5. The molecule has 1 aromatic heterocycles. The monoisotopic (exact) mass is 281 g/mol. The summed E-state index contributed by atoms with van der Waals surface area (Å²) in [5, 5.41) is 46.9. The Morgan fingerprint density at radius 1 is 1.00 bits per heavy atom. The van der Waals surface area contributed by atoms with Crippen LogP contribution in [0.4, 0.5) is 0 Å². The summed E-state index contributed by atoms with van der Waals surface area (Å²) in [6.07, 6.45) is -6.28. The fourth-order valence-corrected chi connectivity index (χ4v) is 2.26. The van der Waals surface area contributed by atoms with Crippen LogP contribution in [0.15, 0.2) is 24.3 Å². The second kappa shape index (κ2) is 5.08. The molecule has 0 radical (unpaired) electrons. The molecule has 2 aromatic rings. The molecular formula is C12H15N3O5. The molecule has 4 N–H and O–H groups in total. The van der Waals surface area contributed by atoms with Gasteiger partial charge in [-0.1, -0.05) is 12.1 Å². The highest BCUT2D eigenvalue weighted by atomic mass is 16.6. The van der Waals surface area contributed by atoms with Gasteiger partial charge >= 0.3 is 0 Å². The highest BCUT2D eigenvalue weighted by Crippen LogP contribution is 2.27. The van der Waals surface area contributed by atoms with Crippen molar-refractivity contribution in [2.75, 3.05) is 6.61 Å². The Kier molecular flexibility index (Phi) is 3.40. The van der Waals surface area contributed by atoms with E-state index in [4.69, 9.17) is 9.84 Å². The highest BCUT2D eigenvalue weighted by Gasteiger charge is 2.45. The Bertz CT molecular complexity index is 569. The van der Waals surface area contributed by atoms with Crippen LogP contribution in [0.5, 0.6) is 0 Å². The predicted molar refractivity (Wildman–Crippen MR) is 66.5 cm³/mol. The van der Waals surface area contributed by atoms with Crippen molar-refractivity contribution in [2.45, 2.75) is 30.6 Å². The summed E-state index contributed by atoms with van der Waals surface area (Å²) in [4.78, 5) is 1.15. The van der Waals surface area contributed by atoms with Crippen LogP contribution in [-0.2, 0) is 4.74 Å². The van der Waals surface area contributed by atoms with Gasteiger partial charge in [0.1, 0.15) is 35.4 Å². The van der Waals surface area contributed by atoms with Gasteiger partial charge in [0.05, 0.1) is 6.61 Å². The largest absolute Gasteiger partial charge is 0.394 e. The lowest BCUT2D eigenvalue weighted by molar-refractivity contribution is -0.256. The molecule has 0 amide bonds. The van der Waals surface area contributed by atoms with Crippen molar-refractivity contribution in [3.8, 4) is 0 Å². The van der Waals surface area contributed by atoms with Crippen LogP contribution in [0.25, 0.3) is 11.0 Å². The molecule has 1 aliphatic heterocycles. The summed E-state index contributed by atoms with van der Waals surface area (Å²) in [5.74, 6) is 0. The molecule has 108 valence electrons. The average Bonchev–Trinajstić information content (AvgIpc) is 2.89. The third-order valence-electron chi connectivity index (χ3n) is 3.40. The summed E-state index contributed by atoms with van der Waals surface area (Å²) in [7, 11) is 0. The summed E-state index contributed by atoms with van der Waals surface area (Å²) in [6, 6.07) is 7.11. The van der Waals surface area contributed by atoms with Crippen LogP contribution >= 0.6 is 0 Å². The minimum Gasteiger partial charge on any atom is -0.394 e. The number of hydrogen-bond acceptors (Lipinski definition) is 7. The van der Waals surface area contributed by atoms with E-state index in [1.165, 1.54) is 0 Å². The van der Waals surface area contributed by atoms with E-state index < -0.39 is 37.3 Å². The lowest BCUT2D eigenvalue weighted by Crippen LogP contribution is -2.56. The molecule has 0 saturated carbocycles. The number of rotatable bonds is 2. The van der Waals surface area contributed by atoms with Crippen LogP contribution in [-0.4, -0.2) is 66.4 Å². The predicted octanol–water partition coefficient (Wildman–Crippen LogP) is -1.60. The highest BCUT2D eigenvalue weighted by molar-refractivity contribution is 5.72. The van der Waals surface area contributed by atoms with Crippen molar-refractivity contribution in [3.63, 3.8) is 0 Å². The van der Waals surface area contributed by atoms with Gasteiger partial charge in [-0.2, -0.15) is 15.0 Å². The first-order valence-corrected chi connectivity index (χ1v) is 6.24. The molecular weight excluding hydrogens is 266 g/mol. The van der Waals surface area contributed by atoms with Crippen molar-refractivity contribution < 1.29 is 25.2 Å². The maximum Gasteiger partial charge on any atom is 0.198 e. The smallest absolute Gasteiger partial charge is 0.198 e. The molecule has 20 heavy (non-hydrogen) atoms. The molecule has 3 rings (SSSR count). The number of aliphatic hydroxyl groups is 4. The van der Waals surface area contributed by atoms with Gasteiger partial charge in [0.15, 0.2) is 6.23 Å². The van der Waals surface area contributed by atoms with E-state index in [2.05, 4.69) is 10.2 Å². The van der Waals surface area contributed by atoms with E-state index in [1.54, 1.807) is 24.3 Å². The molecule has 1 fully saturated rings. The maximum atomic E-state index is 9.98. The Hall–Kier alpha value is -1.58. The third-order valence-corrected chi connectivity index (χ3v) is 3.40. The number of hydrogen-bond donors (Lipinski definition) is 4. The quantitative estimate of drug-likeness (QED) is 0.523. The van der Waals surface area contributed by atoms with E-state index in [-0.39, 0.29) is 0 Å². The van der Waals surface area contributed by atoms with Gasteiger partial charge in [0, 0.05) is 0 Å². The first kappa shape index (κ1) is 13.4. The number of nitrogens with zero attached hydrogens (tertiary/aromatic N) is 3. The van der Waals surface area contributed by atoms with Gasteiger partial charge < -0.3 is 25.2 Å². The van der Waals surface area contributed by atoms with Crippen LogP contribution < -0.4 is 0 Å². The average molecular weight is 281 g/mol. The maximum absolute atomic E-state index is 9.98. The molecule has 5 atom stereocenters. The van der Waals surface area contributed by atoms with Crippen LogP contribution in [0.3, 0.4) is 0 Å². The Labute approximate surface area is 113 Å². The zero-order valence-electron chi connectivity index (χ0n) is 10.4. The number of benzene rings is 1. The van der Waals surface area contributed by atoms with E-state index >= 15 is 0 Å². The van der Waals surface area contributed by atoms with Crippen molar-refractivity contribution in [3.05, 3.63) is 24.3 Å². The van der Waals surface area contributed by atoms with Gasteiger partial charge in [-0.25, -0.2) is 0 Å². The Balaban J connectivity index is 1.95. The molecule has 8 heteroatoms. The number of aliphatic hydroxyl groups excluding tert-OH is 4. The van der Waals surface area contributed by atoms with E-state index in [0.717, 1.165) is 4.80 Å². The molecule has 0 unspecified atom stereocenters. The molecule has 1 aliphatic rings. The first-order chi connectivity index (χ1) is 9.61. The fraction of sp³-hybridized carbons (Fsp3) is 0.500. The van der Waals surface area contributed by atoms with Gasteiger partial charge in [0.2, 0.25) is 0 Å². The second-order valence-electron chi connectivity index (χ2n) is 4.73. The standard InChI is InChI=1S/C12H15N3O5/c16-5-8-9(17)10(18)11(19)12(20-8)15-13-6-3-1-2-4-7(6)14-15/h1-4,8-12,16-19H,5H2/t8-,9+,10+,11-,12-/m0/s1. The number of fused-ring (bicyclic) bond motifs is 1. The van der Waals surface area contributed by atoms with Crippen molar-refractivity contribution >= 4 is 11.0 Å². The molecule has 0 spiro atoms. The fourth-order valence-electron chi connectivity index (χ4n) is 2.26. The lowest BCUT2D eigenvalue weighted by atomic mass is 9.99. The molecule has 1 aromatic carbocycles. The molecule has 2 heterocycles. The molecule has 1 saturated heterocycles. The molecule has 0 bridgehead atoms. The SMILES string of the molecule is OC[C@@H]1O[C@H](n2nc3ccccc3n2)[C@@H](O)[C@H](O)[C@@H]1O. The Morgan fingerprint density at radius 3 is 2.15 bits per heavy atom. The van der Waals surface area contributed by atoms with Crippen LogP contribution in [0.1, 0.15) is 6.23 Å². The lowest BCUT2D eigenvalue weighted by Gasteiger charge is -2.39. The van der Waals surface area contributed by atoms with Crippen molar-refractivity contribution in [1.29, 1.82) is 0 Å². The molecule has 0 aliphatic carbocycles. The van der Waals surface area contributed by atoms with Crippen molar-refractivity contribution in [2.24, 2.45) is 0 Å². The van der Waals surface area contributed by atoms with Gasteiger partial charge in [-0.15, -0.1) is 0 Å². The minimum atomic E-state index is -1.44. The zero-order valence-corrected chi connectivity index (χ0v) is 10.4. The van der Waals surface area contributed by atoms with Gasteiger partial charge in [-0.3, -0.25) is 0 Å². The second-order valence-corrected chi connectivity index (χ2v) is 4.73. The number of ether oxygens (including phenoxy) is 1. The molecule has 8 nitrogen and oxygen atoms in total. The summed E-state index contributed by atoms with van der Waals surface area (Å²) >= 11 is 0.